The van der Waals surface area contributed by atoms with Crippen LogP contribution in [0.1, 0.15) is 11.1 Å². The van der Waals surface area contributed by atoms with Gasteiger partial charge in [-0.15, -0.1) is 0 Å². The Labute approximate surface area is 127 Å². The van der Waals surface area contributed by atoms with Crippen molar-refractivity contribution < 1.29 is 9.53 Å². The van der Waals surface area contributed by atoms with Crippen LogP contribution in [0.25, 0.3) is 0 Å². The molecule has 2 rings (SSSR count). The van der Waals surface area contributed by atoms with Gasteiger partial charge in [-0.1, -0.05) is 17.7 Å². The van der Waals surface area contributed by atoms with E-state index in [1.54, 1.807) is 36.4 Å². The number of ether oxygens (including phenoxy) is 1. The lowest BCUT2D eigenvalue weighted by atomic mass is 10.2. The number of anilines is 1. The van der Waals surface area contributed by atoms with Gasteiger partial charge in [0.25, 0.3) is 5.91 Å². The standard InChI is InChI=1S/C16H13ClN2O2/c1-11-2-5-13(17)8-15(11)21-10-16(20)19-14-6-3-12(9-18)4-7-14/h2-8H,10H2,1H3,(H,19,20). The van der Waals surface area contributed by atoms with Gasteiger partial charge in [-0.3, -0.25) is 4.79 Å². The minimum Gasteiger partial charge on any atom is -0.483 e. The van der Waals surface area contributed by atoms with Gasteiger partial charge in [-0.25, -0.2) is 0 Å². The van der Waals surface area contributed by atoms with Gasteiger partial charge in [0.1, 0.15) is 5.75 Å². The molecule has 1 N–H and O–H groups in total. The van der Waals surface area contributed by atoms with Gasteiger partial charge in [-0.05, 0) is 48.9 Å². The lowest BCUT2D eigenvalue weighted by Crippen LogP contribution is -2.20. The van der Waals surface area contributed by atoms with Crippen LogP contribution in [-0.4, -0.2) is 12.5 Å². The molecular formula is C16H13ClN2O2. The number of aryl methyl sites for hydroxylation is 1. The highest BCUT2D eigenvalue weighted by Gasteiger charge is 2.06. The van der Waals surface area contributed by atoms with E-state index in [-0.39, 0.29) is 12.5 Å². The van der Waals surface area contributed by atoms with Crippen molar-refractivity contribution in [3.05, 3.63) is 58.6 Å². The zero-order valence-corrected chi connectivity index (χ0v) is 12.1. The Bertz CT molecular complexity index is 690. The fraction of sp³-hybridized carbons (Fsp3) is 0.125. The number of nitrogens with zero attached hydrogens (tertiary/aromatic N) is 1. The van der Waals surface area contributed by atoms with Crippen LogP contribution in [0.3, 0.4) is 0 Å². The minimum absolute atomic E-state index is 0.110. The van der Waals surface area contributed by atoms with Crippen LogP contribution < -0.4 is 10.1 Å². The number of carbonyl (C=O) groups is 1. The van der Waals surface area contributed by atoms with E-state index in [4.69, 9.17) is 21.6 Å². The van der Waals surface area contributed by atoms with Gasteiger partial charge in [0.2, 0.25) is 0 Å². The summed E-state index contributed by atoms with van der Waals surface area (Å²) in [6.07, 6.45) is 0. The third-order valence-corrected chi connectivity index (χ3v) is 3.04. The number of hydrogen-bond acceptors (Lipinski definition) is 3. The van der Waals surface area contributed by atoms with Crippen LogP contribution in [0, 0.1) is 18.3 Å². The van der Waals surface area contributed by atoms with Crippen molar-refractivity contribution in [3.63, 3.8) is 0 Å². The van der Waals surface area contributed by atoms with E-state index in [0.717, 1.165) is 5.56 Å². The SMILES string of the molecule is Cc1ccc(Cl)cc1OCC(=O)Nc1ccc(C#N)cc1. The zero-order valence-electron chi connectivity index (χ0n) is 11.4. The molecule has 0 spiro atoms. The molecule has 106 valence electrons. The summed E-state index contributed by atoms with van der Waals surface area (Å²) in [6.45, 7) is 1.77. The first kappa shape index (κ1) is 14.9. The average molecular weight is 301 g/mol. The Balaban J connectivity index is 1.92. The van der Waals surface area contributed by atoms with Crippen molar-refractivity contribution in [2.24, 2.45) is 0 Å². The first-order valence-electron chi connectivity index (χ1n) is 6.27. The first-order chi connectivity index (χ1) is 10.1. The summed E-state index contributed by atoms with van der Waals surface area (Å²) >= 11 is 5.88. The molecule has 0 saturated heterocycles. The number of amides is 1. The molecule has 0 radical (unpaired) electrons. The lowest BCUT2D eigenvalue weighted by molar-refractivity contribution is -0.118. The molecule has 0 saturated carbocycles. The van der Waals surface area contributed by atoms with Crippen molar-refractivity contribution in [2.75, 3.05) is 11.9 Å². The van der Waals surface area contributed by atoms with Crippen LogP contribution in [-0.2, 0) is 4.79 Å². The van der Waals surface area contributed by atoms with E-state index >= 15 is 0 Å². The Morgan fingerprint density at radius 2 is 2.00 bits per heavy atom. The molecule has 2 aromatic rings. The number of halogens is 1. The Kier molecular flexibility index (Phi) is 4.81. The average Bonchev–Trinajstić information content (AvgIpc) is 2.49. The van der Waals surface area contributed by atoms with Gasteiger partial charge in [0.15, 0.2) is 6.61 Å². The number of nitrogens with one attached hydrogen (secondary N) is 1. The molecule has 21 heavy (non-hydrogen) atoms. The van der Waals surface area contributed by atoms with E-state index in [9.17, 15) is 4.79 Å². The Hall–Kier alpha value is -2.51. The quantitative estimate of drug-likeness (QED) is 0.939. The number of carbonyl (C=O) groups excluding carboxylic acids is 1. The molecule has 0 bridgehead atoms. The molecule has 0 aliphatic carbocycles. The van der Waals surface area contributed by atoms with Gasteiger partial charge < -0.3 is 10.1 Å². The third-order valence-electron chi connectivity index (χ3n) is 2.81. The molecule has 0 aliphatic heterocycles. The maximum Gasteiger partial charge on any atom is 0.262 e. The molecule has 0 aliphatic rings. The molecule has 1 amide bonds. The molecule has 5 heteroatoms. The summed E-state index contributed by atoms with van der Waals surface area (Å²) in [5.74, 6) is 0.302. The number of nitriles is 1. The highest BCUT2D eigenvalue weighted by atomic mass is 35.5. The summed E-state index contributed by atoms with van der Waals surface area (Å²) < 4.78 is 5.45. The van der Waals surface area contributed by atoms with Gasteiger partial charge >= 0.3 is 0 Å². The second-order valence-corrected chi connectivity index (χ2v) is 4.87. The Morgan fingerprint density at radius 3 is 2.67 bits per heavy atom. The van der Waals surface area contributed by atoms with Crippen LogP contribution in [0.5, 0.6) is 5.75 Å². The minimum atomic E-state index is -0.279. The van der Waals surface area contributed by atoms with Crippen molar-refractivity contribution in [3.8, 4) is 11.8 Å². The lowest BCUT2D eigenvalue weighted by Gasteiger charge is -2.10. The van der Waals surface area contributed by atoms with E-state index in [1.807, 2.05) is 19.1 Å². The summed E-state index contributed by atoms with van der Waals surface area (Å²) in [5.41, 5.74) is 2.06. The van der Waals surface area contributed by atoms with Crippen molar-refractivity contribution in [1.82, 2.24) is 0 Å². The zero-order chi connectivity index (χ0) is 15.2. The van der Waals surface area contributed by atoms with E-state index in [0.29, 0.717) is 22.0 Å². The maximum atomic E-state index is 11.8. The van der Waals surface area contributed by atoms with Crippen LogP contribution >= 0.6 is 11.6 Å². The van der Waals surface area contributed by atoms with Gasteiger partial charge in [0.05, 0.1) is 11.6 Å². The summed E-state index contributed by atoms with van der Waals surface area (Å²) in [5, 5.41) is 12.0. The normalized spacial score (nSPS) is 9.76. The molecule has 0 fully saturated rings. The maximum absolute atomic E-state index is 11.8. The smallest absolute Gasteiger partial charge is 0.262 e. The van der Waals surface area contributed by atoms with Gasteiger partial charge in [-0.2, -0.15) is 5.26 Å². The molecule has 4 nitrogen and oxygen atoms in total. The Morgan fingerprint density at radius 1 is 1.29 bits per heavy atom. The predicted molar refractivity (Wildman–Crippen MR) is 81.5 cm³/mol. The monoisotopic (exact) mass is 300 g/mol. The fourth-order valence-electron chi connectivity index (χ4n) is 1.70. The highest BCUT2D eigenvalue weighted by molar-refractivity contribution is 6.30. The first-order valence-corrected chi connectivity index (χ1v) is 6.65. The molecule has 0 aromatic heterocycles. The molecule has 0 unspecified atom stereocenters. The fourth-order valence-corrected chi connectivity index (χ4v) is 1.86. The van der Waals surface area contributed by atoms with Gasteiger partial charge in [0, 0.05) is 10.7 Å². The number of benzene rings is 2. The van der Waals surface area contributed by atoms with E-state index in [1.165, 1.54) is 0 Å². The topological polar surface area (TPSA) is 62.1 Å². The van der Waals surface area contributed by atoms with Crippen molar-refractivity contribution >= 4 is 23.2 Å². The summed E-state index contributed by atoms with van der Waals surface area (Å²) in [6, 6.07) is 13.9. The molecule has 0 atom stereocenters. The third kappa shape index (κ3) is 4.23. The van der Waals surface area contributed by atoms with Crippen LogP contribution in [0.15, 0.2) is 42.5 Å². The number of hydrogen-bond donors (Lipinski definition) is 1. The van der Waals surface area contributed by atoms with Crippen molar-refractivity contribution in [2.45, 2.75) is 6.92 Å². The van der Waals surface area contributed by atoms with E-state index in [2.05, 4.69) is 5.32 Å². The molecule has 2 aromatic carbocycles. The van der Waals surface area contributed by atoms with Crippen LogP contribution in [0.2, 0.25) is 5.02 Å². The van der Waals surface area contributed by atoms with Crippen LogP contribution in [0.4, 0.5) is 5.69 Å². The molecular weight excluding hydrogens is 288 g/mol. The summed E-state index contributed by atoms with van der Waals surface area (Å²) in [4.78, 5) is 11.8. The largest absolute Gasteiger partial charge is 0.483 e. The summed E-state index contributed by atoms with van der Waals surface area (Å²) in [7, 11) is 0. The predicted octanol–water partition coefficient (Wildman–Crippen LogP) is 3.54. The van der Waals surface area contributed by atoms with E-state index < -0.39 is 0 Å². The highest BCUT2D eigenvalue weighted by Crippen LogP contribution is 2.22. The number of rotatable bonds is 4. The van der Waals surface area contributed by atoms with Crippen molar-refractivity contribution in [1.29, 1.82) is 5.26 Å². The second kappa shape index (κ2) is 6.78. The molecule has 0 heterocycles. The second-order valence-electron chi connectivity index (χ2n) is 4.44.